The molecule has 1 aromatic heterocycles. The highest BCUT2D eigenvalue weighted by Gasteiger charge is 2.04. The van der Waals surface area contributed by atoms with Gasteiger partial charge in [-0.05, 0) is 24.3 Å². The van der Waals surface area contributed by atoms with Crippen LogP contribution in [-0.2, 0) is 11.3 Å². The third-order valence-corrected chi connectivity index (χ3v) is 2.19. The zero-order chi connectivity index (χ0) is 12.3. The molecule has 0 bridgehead atoms. The molecular weight excluding hydrogens is 218 g/mol. The van der Waals surface area contributed by atoms with Crippen LogP contribution in [0.1, 0.15) is 12.7 Å². The number of carbonyl (C=O) groups excluding carboxylic acids is 1. The number of benzene rings is 1. The van der Waals surface area contributed by atoms with Crippen molar-refractivity contribution in [1.82, 2.24) is 15.2 Å². The van der Waals surface area contributed by atoms with Gasteiger partial charge < -0.3 is 11.1 Å². The summed E-state index contributed by atoms with van der Waals surface area (Å²) in [5.41, 5.74) is 7.06. The van der Waals surface area contributed by atoms with E-state index in [9.17, 15) is 4.79 Å². The second kappa shape index (κ2) is 4.75. The maximum absolute atomic E-state index is 10.9. The van der Waals surface area contributed by atoms with Gasteiger partial charge in [0.25, 0.3) is 0 Å². The summed E-state index contributed by atoms with van der Waals surface area (Å²) in [4.78, 5) is 15.1. The molecule has 0 spiro atoms. The molecule has 1 aromatic carbocycles. The summed E-state index contributed by atoms with van der Waals surface area (Å²) in [5.74, 6) is 1.15. The average molecular weight is 231 g/mol. The number of anilines is 1. The lowest BCUT2D eigenvalue weighted by molar-refractivity contribution is -0.114. The smallest absolute Gasteiger partial charge is 0.221 e. The molecule has 1 amide bonds. The van der Waals surface area contributed by atoms with Crippen molar-refractivity contribution in [2.45, 2.75) is 13.5 Å². The Bertz CT molecular complexity index is 517. The molecule has 0 saturated carbocycles. The molecular formula is C11H13N5O. The molecule has 0 aliphatic rings. The molecule has 1 heterocycles. The SMILES string of the molecule is CC(=O)Nc1ccc(-c2n[nH]c(CN)n2)cc1. The number of hydrogen-bond acceptors (Lipinski definition) is 4. The Morgan fingerprint density at radius 3 is 2.65 bits per heavy atom. The quantitative estimate of drug-likeness (QED) is 0.730. The number of hydrogen-bond donors (Lipinski definition) is 3. The third-order valence-electron chi connectivity index (χ3n) is 2.19. The summed E-state index contributed by atoms with van der Waals surface area (Å²) in [6, 6.07) is 7.29. The van der Waals surface area contributed by atoms with Gasteiger partial charge in [-0.2, -0.15) is 5.10 Å². The Kier molecular flexibility index (Phi) is 3.15. The summed E-state index contributed by atoms with van der Waals surface area (Å²) < 4.78 is 0. The molecule has 4 N–H and O–H groups in total. The van der Waals surface area contributed by atoms with Gasteiger partial charge in [-0.3, -0.25) is 9.89 Å². The van der Waals surface area contributed by atoms with Crippen molar-refractivity contribution in [3.8, 4) is 11.4 Å². The number of nitrogens with two attached hydrogens (primary N) is 1. The topological polar surface area (TPSA) is 96.7 Å². The lowest BCUT2D eigenvalue weighted by Gasteiger charge is -2.01. The van der Waals surface area contributed by atoms with Crippen LogP contribution in [0.15, 0.2) is 24.3 Å². The summed E-state index contributed by atoms with van der Waals surface area (Å²) in [7, 11) is 0. The van der Waals surface area contributed by atoms with Gasteiger partial charge in [0, 0.05) is 18.2 Å². The first kappa shape index (κ1) is 11.3. The van der Waals surface area contributed by atoms with Crippen LogP contribution in [0.3, 0.4) is 0 Å². The molecule has 6 nitrogen and oxygen atoms in total. The van der Waals surface area contributed by atoms with E-state index < -0.39 is 0 Å². The van der Waals surface area contributed by atoms with Crippen LogP contribution in [0.25, 0.3) is 11.4 Å². The molecule has 0 fully saturated rings. The molecule has 0 aliphatic carbocycles. The number of carbonyl (C=O) groups is 1. The number of H-pyrrole nitrogens is 1. The average Bonchev–Trinajstić information content (AvgIpc) is 2.78. The fourth-order valence-corrected chi connectivity index (χ4v) is 1.42. The Morgan fingerprint density at radius 1 is 1.41 bits per heavy atom. The van der Waals surface area contributed by atoms with E-state index in [4.69, 9.17) is 5.73 Å². The van der Waals surface area contributed by atoms with Crippen LogP contribution in [0, 0.1) is 0 Å². The highest BCUT2D eigenvalue weighted by molar-refractivity contribution is 5.88. The lowest BCUT2D eigenvalue weighted by atomic mass is 10.2. The van der Waals surface area contributed by atoms with Crippen molar-refractivity contribution in [2.75, 3.05) is 5.32 Å². The minimum absolute atomic E-state index is 0.0962. The van der Waals surface area contributed by atoms with Gasteiger partial charge in [-0.1, -0.05) is 0 Å². The maximum atomic E-state index is 10.9. The van der Waals surface area contributed by atoms with Crippen molar-refractivity contribution >= 4 is 11.6 Å². The Hall–Kier alpha value is -2.21. The molecule has 17 heavy (non-hydrogen) atoms. The van der Waals surface area contributed by atoms with E-state index in [0.29, 0.717) is 18.2 Å². The van der Waals surface area contributed by atoms with Crippen molar-refractivity contribution in [3.05, 3.63) is 30.1 Å². The molecule has 0 aliphatic heterocycles. The second-order valence-electron chi connectivity index (χ2n) is 3.57. The van der Waals surface area contributed by atoms with Gasteiger partial charge in [0.2, 0.25) is 5.91 Å². The fraction of sp³-hybridized carbons (Fsp3) is 0.182. The van der Waals surface area contributed by atoms with Crippen molar-refractivity contribution in [1.29, 1.82) is 0 Å². The van der Waals surface area contributed by atoms with Gasteiger partial charge in [0.1, 0.15) is 5.82 Å². The normalized spacial score (nSPS) is 10.2. The second-order valence-corrected chi connectivity index (χ2v) is 3.57. The highest BCUT2D eigenvalue weighted by Crippen LogP contribution is 2.17. The van der Waals surface area contributed by atoms with E-state index in [1.807, 2.05) is 12.1 Å². The molecule has 88 valence electrons. The monoisotopic (exact) mass is 231 g/mol. The van der Waals surface area contributed by atoms with Crippen molar-refractivity contribution in [2.24, 2.45) is 5.73 Å². The zero-order valence-corrected chi connectivity index (χ0v) is 9.40. The molecule has 6 heteroatoms. The minimum Gasteiger partial charge on any atom is -0.326 e. The molecule has 2 rings (SSSR count). The van der Waals surface area contributed by atoms with Crippen LogP contribution in [0.4, 0.5) is 5.69 Å². The lowest BCUT2D eigenvalue weighted by Crippen LogP contribution is -2.05. The Labute approximate surface area is 98.3 Å². The first-order chi connectivity index (χ1) is 8.19. The number of rotatable bonds is 3. The molecule has 0 atom stereocenters. The van der Waals surface area contributed by atoms with Crippen LogP contribution in [0.5, 0.6) is 0 Å². The first-order valence-corrected chi connectivity index (χ1v) is 5.18. The predicted octanol–water partition coefficient (Wildman–Crippen LogP) is 0.889. The molecule has 0 unspecified atom stereocenters. The summed E-state index contributed by atoms with van der Waals surface area (Å²) in [6.45, 7) is 1.80. The number of amides is 1. The molecule has 0 saturated heterocycles. The van der Waals surface area contributed by atoms with E-state index in [1.54, 1.807) is 12.1 Å². The summed E-state index contributed by atoms with van der Waals surface area (Å²) in [6.07, 6.45) is 0. The van der Waals surface area contributed by atoms with Gasteiger partial charge >= 0.3 is 0 Å². The zero-order valence-electron chi connectivity index (χ0n) is 9.40. The van der Waals surface area contributed by atoms with Gasteiger partial charge in [0.05, 0.1) is 6.54 Å². The van der Waals surface area contributed by atoms with Crippen LogP contribution >= 0.6 is 0 Å². The number of aromatic nitrogens is 3. The van der Waals surface area contributed by atoms with E-state index in [-0.39, 0.29) is 5.91 Å². The van der Waals surface area contributed by atoms with Gasteiger partial charge in [-0.15, -0.1) is 0 Å². The number of aromatic amines is 1. The summed E-state index contributed by atoms with van der Waals surface area (Å²) in [5, 5.41) is 9.48. The van der Waals surface area contributed by atoms with E-state index in [2.05, 4.69) is 20.5 Å². The van der Waals surface area contributed by atoms with E-state index in [1.165, 1.54) is 6.92 Å². The summed E-state index contributed by atoms with van der Waals surface area (Å²) >= 11 is 0. The van der Waals surface area contributed by atoms with E-state index in [0.717, 1.165) is 11.3 Å². The van der Waals surface area contributed by atoms with E-state index >= 15 is 0 Å². The van der Waals surface area contributed by atoms with Crippen LogP contribution in [-0.4, -0.2) is 21.1 Å². The van der Waals surface area contributed by atoms with Crippen LogP contribution in [0.2, 0.25) is 0 Å². The van der Waals surface area contributed by atoms with Gasteiger partial charge in [-0.25, -0.2) is 4.98 Å². The molecule has 2 aromatic rings. The third kappa shape index (κ3) is 2.67. The van der Waals surface area contributed by atoms with Crippen LogP contribution < -0.4 is 11.1 Å². The van der Waals surface area contributed by atoms with Crippen molar-refractivity contribution in [3.63, 3.8) is 0 Å². The minimum atomic E-state index is -0.0962. The number of nitrogens with zero attached hydrogens (tertiary/aromatic N) is 2. The largest absolute Gasteiger partial charge is 0.326 e. The van der Waals surface area contributed by atoms with Gasteiger partial charge in [0.15, 0.2) is 5.82 Å². The fourth-order valence-electron chi connectivity index (χ4n) is 1.42. The number of nitrogens with one attached hydrogen (secondary N) is 2. The maximum Gasteiger partial charge on any atom is 0.221 e. The predicted molar refractivity (Wildman–Crippen MR) is 64.0 cm³/mol. The van der Waals surface area contributed by atoms with Crippen molar-refractivity contribution < 1.29 is 4.79 Å². The highest BCUT2D eigenvalue weighted by atomic mass is 16.1. The first-order valence-electron chi connectivity index (χ1n) is 5.18. The molecule has 0 radical (unpaired) electrons. The standard InChI is InChI=1S/C11H13N5O/c1-7(17)13-9-4-2-8(3-5-9)11-14-10(6-12)15-16-11/h2-5H,6,12H2,1H3,(H,13,17)(H,14,15,16). The Morgan fingerprint density at radius 2 is 2.12 bits per heavy atom. The Balaban J connectivity index is 2.19.